The minimum atomic E-state index is -4.59. The van der Waals surface area contributed by atoms with E-state index in [1.807, 2.05) is 0 Å². The van der Waals surface area contributed by atoms with Gasteiger partial charge in [0.05, 0.1) is 18.8 Å². The van der Waals surface area contributed by atoms with Crippen LogP contribution in [0, 0.1) is 11.6 Å². The van der Waals surface area contributed by atoms with Crippen LogP contribution < -0.4 is 4.90 Å². The van der Waals surface area contributed by atoms with Gasteiger partial charge in [0.2, 0.25) is 0 Å². The summed E-state index contributed by atoms with van der Waals surface area (Å²) in [5.74, 6) is -1.55. The molecule has 0 aromatic heterocycles. The zero-order chi connectivity index (χ0) is 24.5. The molecule has 1 saturated heterocycles. The SMILES string of the molecule is O=C1O[C@@H](COCc2ccc(F)cc2F)[C@H](c2cccc(C(F)(F)F)c2)N1c1ccc(Cl)cc1. The van der Waals surface area contributed by atoms with Gasteiger partial charge >= 0.3 is 12.3 Å². The number of hydrogen-bond donors (Lipinski definition) is 0. The van der Waals surface area contributed by atoms with Gasteiger partial charge in [0.15, 0.2) is 6.10 Å². The number of hydrogen-bond acceptors (Lipinski definition) is 3. The lowest BCUT2D eigenvalue weighted by molar-refractivity contribution is -0.137. The number of carbonyl (C=O) groups excluding carboxylic acids is 1. The zero-order valence-corrected chi connectivity index (χ0v) is 18.1. The van der Waals surface area contributed by atoms with Gasteiger partial charge in [0, 0.05) is 22.3 Å². The Labute approximate surface area is 196 Å². The number of alkyl halides is 3. The number of carbonyl (C=O) groups is 1. The Bertz CT molecular complexity index is 1190. The lowest BCUT2D eigenvalue weighted by Crippen LogP contribution is -2.31. The largest absolute Gasteiger partial charge is 0.441 e. The summed E-state index contributed by atoms with van der Waals surface area (Å²) >= 11 is 5.92. The van der Waals surface area contributed by atoms with E-state index in [-0.39, 0.29) is 24.3 Å². The van der Waals surface area contributed by atoms with E-state index in [1.165, 1.54) is 35.2 Å². The van der Waals surface area contributed by atoms with Gasteiger partial charge in [0.25, 0.3) is 0 Å². The maximum absolute atomic E-state index is 13.9. The maximum atomic E-state index is 13.9. The van der Waals surface area contributed by atoms with E-state index in [2.05, 4.69) is 0 Å². The summed E-state index contributed by atoms with van der Waals surface area (Å²) in [5.41, 5.74) is -0.259. The van der Waals surface area contributed by atoms with E-state index in [9.17, 15) is 26.7 Å². The molecule has 1 aliphatic heterocycles. The van der Waals surface area contributed by atoms with Crippen molar-refractivity contribution in [3.63, 3.8) is 0 Å². The van der Waals surface area contributed by atoms with E-state index in [1.54, 1.807) is 12.1 Å². The van der Waals surface area contributed by atoms with E-state index in [0.717, 1.165) is 18.2 Å². The number of halogens is 6. The highest BCUT2D eigenvalue weighted by Gasteiger charge is 2.44. The van der Waals surface area contributed by atoms with Crippen LogP contribution in [0.15, 0.2) is 66.7 Å². The molecular formula is C24H17ClF5NO3. The van der Waals surface area contributed by atoms with Crippen LogP contribution in [0.5, 0.6) is 0 Å². The molecule has 34 heavy (non-hydrogen) atoms. The Morgan fingerprint density at radius 2 is 1.74 bits per heavy atom. The molecule has 1 fully saturated rings. The first-order valence-electron chi connectivity index (χ1n) is 10.1. The van der Waals surface area contributed by atoms with Crippen molar-refractivity contribution >= 4 is 23.4 Å². The third-order valence-corrected chi connectivity index (χ3v) is 5.55. The van der Waals surface area contributed by atoms with Crippen LogP contribution in [-0.2, 0) is 22.3 Å². The summed E-state index contributed by atoms with van der Waals surface area (Å²) in [4.78, 5) is 14.0. The minimum absolute atomic E-state index is 0.0795. The molecule has 0 bridgehead atoms. The molecule has 2 atom stereocenters. The van der Waals surface area contributed by atoms with Crippen LogP contribution in [0.2, 0.25) is 5.02 Å². The molecule has 1 heterocycles. The Morgan fingerprint density at radius 3 is 2.41 bits per heavy atom. The standard InChI is InChI=1S/C24H17ClF5NO3/c25-17-5-8-19(9-6-17)31-22(14-2-1-3-16(10-14)24(28,29)30)21(34-23(31)32)13-33-12-15-4-7-18(26)11-20(15)27/h1-11,21-22H,12-13H2/t21-,22-/m0/s1. The summed E-state index contributed by atoms with van der Waals surface area (Å²) in [6, 6.07) is 12.8. The number of cyclic esters (lactones) is 1. The molecule has 0 radical (unpaired) electrons. The van der Waals surface area contributed by atoms with Crippen LogP contribution in [-0.4, -0.2) is 18.8 Å². The van der Waals surface area contributed by atoms with Crippen LogP contribution in [0.4, 0.5) is 32.4 Å². The molecule has 0 unspecified atom stereocenters. The molecule has 0 saturated carbocycles. The second-order valence-electron chi connectivity index (χ2n) is 7.59. The van der Waals surface area contributed by atoms with Gasteiger partial charge in [-0.3, -0.25) is 4.90 Å². The lowest BCUT2D eigenvalue weighted by Gasteiger charge is -2.26. The molecule has 4 nitrogen and oxygen atoms in total. The lowest BCUT2D eigenvalue weighted by atomic mass is 9.98. The fraction of sp³-hybridized carbons (Fsp3) is 0.208. The van der Waals surface area contributed by atoms with Gasteiger partial charge in [-0.05, 0) is 48.0 Å². The summed E-state index contributed by atoms with van der Waals surface area (Å²) in [6.07, 6.45) is -6.38. The number of benzene rings is 3. The van der Waals surface area contributed by atoms with Gasteiger partial charge in [-0.2, -0.15) is 13.2 Å². The Morgan fingerprint density at radius 1 is 1.00 bits per heavy atom. The normalized spacial score (nSPS) is 18.3. The number of anilines is 1. The number of ether oxygens (including phenoxy) is 2. The first kappa shape index (κ1) is 24.0. The van der Waals surface area contributed by atoms with Crippen molar-refractivity contribution in [3.05, 3.63) is 100 Å². The molecule has 0 spiro atoms. The first-order valence-corrected chi connectivity index (χ1v) is 10.5. The highest BCUT2D eigenvalue weighted by atomic mass is 35.5. The Balaban J connectivity index is 1.63. The predicted molar refractivity (Wildman–Crippen MR) is 114 cm³/mol. The average Bonchev–Trinajstić information content (AvgIpc) is 3.11. The second kappa shape index (κ2) is 9.60. The number of nitrogens with zero attached hydrogens (tertiary/aromatic N) is 1. The second-order valence-corrected chi connectivity index (χ2v) is 8.02. The van der Waals surface area contributed by atoms with Crippen LogP contribution in [0.3, 0.4) is 0 Å². The molecule has 3 aromatic carbocycles. The van der Waals surface area contributed by atoms with Gasteiger partial charge in [-0.1, -0.05) is 29.8 Å². The van der Waals surface area contributed by atoms with Crippen molar-refractivity contribution in [2.75, 3.05) is 11.5 Å². The van der Waals surface area contributed by atoms with Crippen molar-refractivity contribution in [3.8, 4) is 0 Å². The van der Waals surface area contributed by atoms with Gasteiger partial charge in [0.1, 0.15) is 17.7 Å². The molecule has 4 rings (SSSR count). The highest BCUT2D eigenvalue weighted by Crippen LogP contribution is 2.40. The molecule has 1 amide bonds. The van der Waals surface area contributed by atoms with E-state index >= 15 is 0 Å². The Kier molecular flexibility index (Phi) is 6.77. The monoisotopic (exact) mass is 497 g/mol. The zero-order valence-electron chi connectivity index (χ0n) is 17.4. The maximum Gasteiger partial charge on any atom is 0.416 e. The molecular weight excluding hydrogens is 481 g/mol. The van der Waals surface area contributed by atoms with Crippen LogP contribution in [0.25, 0.3) is 0 Å². The first-order chi connectivity index (χ1) is 16.1. The summed E-state index contributed by atoms with van der Waals surface area (Å²) in [6.45, 7) is -0.496. The molecule has 0 N–H and O–H groups in total. The van der Waals surface area contributed by atoms with E-state index in [0.29, 0.717) is 16.8 Å². The Hall–Kier alpha value is -3.17. The average molecular weight is 498 g/mol. The number of rotatable bonds is 6. The fourth-order valence-electron chi connectivity index (χ4n) is 3.71. The summed E-state index contributed by atoms with van der Waals surface area (Å²) < 4.78 is 78.0. The van der Waals surface area contributed by atoms with Gasteiger partial charge in [-0.25, -0.2) is 13.6 Å². The van der Waals surface area contributed by atoms with Crippen molar-refractivity contribution in [2.45, 2.75) is 24.9 Å². The minimum Gasteiger partial charge on any atom is -0.441 e. The van der Waals surface area contributed by atoms with E-state index in [4.69, 9.17) is 21.1 Å². The predicted octanol–water partition coefficient (Wildman–Crippen LogP) is 6.92. The summed E-state index contributed by atoms with van der Waals surface area (Å²) in [5, 5.41) is 0.410. The quantitative estimate of drug-likeness (QED) is 0.347. The van der Waals surface area contributed by atoms with Crippen molar-refractivity contribution in [1.29, 1.82) is 0 Å². The molecule has 1 aliphatic rings. The molecule has 178 valence electrons. The highest BCUT2D eigenvalue weighted by molar-refractivity contribution is 6.30. The fourth-order valence-corrected chi connectivity index (χ4v) is 3.84. The molecule has 0 aliphatic carbocycles. The van der Waals surface area contributed by atoms with Gasteiger partial charge in [-0.15, -0.1) is 0 Å². The topological polar surface area (TPSA) is 38.8 Å². The van der Waals surface area contributed by atoms with Crippen LogP contribution >= 0.6 is 11.6 Å². The third kappa shape index (κ3) is 5.15. The van der Waals surface area contributed by atoms with Crippen LogP contribution in [0.1, 0.15) is 22.7 Å². The van der Waals surface area contributed by atoms with E-state index < -0.39 is 41.6 Å². The van der Waals surface area contributed by atoms with Gasteiger partial charge < -0.3 is 9.47 Å². The third-order valence-electron chi connectivity index (χ3n) is 5.29. The molecule has 3 aromatic rings. The summed E-state index contributed by atoms with van der Waals surface area (Å²) in [7, 11) is 0. The van der Waals surface area contributed by atoms with Crippen molar-refractivity contribution in [1.82, 2.24) is 0 Å². The smallest absolute Gasteiger partial charge is 0.416 e. The van der Waals surface area contributed by atoms with Crippen molar-refractivity contribution < 1.29 is 36.2 Å². The van der Waals surface area contributed by atoms with Crippen molar-refractivity contribution in [2.24, 2.45) is 0 Å². The molecule has 10 heteroatoms. The number of amides is 1.